The zero-order valence-electron chi connectivity index (χ0n) is 8.66. The van der Waals surface area contributed by atoms with Gasteiger partial charge < -0.3 is 4.74 Å². The zero-order chi connectivity index (χ0) is 12.3. The highest BCUT2D eigenvalue weighted by Gasteiger charge is 2.04. The monoisotopic (exact) mass is 419 g/mol. The largest absolute Gasteiger partial charge is 0.438 e. The third-order valence-electron chi connectivity index (χ3n) is 2.06. The van der Waals surface area contributed by atoms with E-state index in [1.165, 1.54) is 0 Å². The van der Waals surface area contributed by atoms with Gasteiger partial charge in [0.25, 0.3) is 0 Å². The molecule has 88 valence electrons. The summed E-state index contributed by atoms with van der Waals surface area (Å²) >= 11 is 10.2. The van der Waals surface area contributed by atoms with Crippen molar-refractivity contribution in [2.24, 2.45) is 0 Å². The second-order valence-corrected chi connectivity index (χ2v) is 5.65. The number of nitrogens with zero attached hydrogens (tertiary/aromatic N) is 1. The Morgan fingerprint density at radius 1 is 1.12 bits per heavy atom. The second kappa shape index (κ2) is 5.98. The van der Waals surface area contributed by atoms with Crippen molar-refractivity contribution in [1.82, 2.24) is 4.98 Å². The summed E-state index contributed by atoms with van der Waals surface area (Å²) in [7, 11) is 0. The molecule has 0 radical (unpaired) electrons. The second-order valence-electron chi connectivity index (χ2n) is 3.32. The van der Waals surface area contributed by atoms with E-state index in [4.69, 9.17) is 4.74 Å². The van der Waals surface area contributed by atoms with Crippen molar-refractivity contribution in [3.8, 4) is 11.6 Å². The molecule has 0 saturated carbocycles. The van der Waals surface area contributed by atoms with E-state index in [1.54, 1.807) is 6.20 Å². The molecule has 1 aromatic carbocycles. The van der Waals surface area contributed by atoms with Crippen LogP contribution in [0.15, 0.2) is 45.5 Å². The van der Waals surface area contributed by atoms with Crippen LogP contribution in [0.3, 0.4) is 0 Å². The van der Waals surface area contributed by atoms with Crippen molar-refractivity contribution in [2.45, 2.75) is 5.33 Å². The number of hydrogen-bond acceptors (Lipinski definition) is 2. The Kier molecular flexibility index (Phi) is 4.59. The van der Waals surface area contributed by atoms with Crippen LogP contribution in [0, 0.1) is 0 Å². The molecule has 0 atom stereocenters. The molecule has 2 nitrogen and oxygen atoms in total. The molecule has 0 amide bonds. The highest BCUT2D eigenvalue weighted by Crippen LogP contribution is 2.31. The van der Waals surface area contributed by atoms with Crippen LogP contribution in [0.5, 0.6) is 11.6 Å². The average molecular weight is 422 g/mol. The van der Waals surface area contributed by atoms with Crippen molar-refractivity contribution >= 4 is 47.8 Å². The Labute approximate surface area is 125 Å². The predicted molar refractivity (Wildman–Crippen MR) is 78.8 cm³/mol. The molecule has 17 heavy (non-hydrogen) atoms. The number of pyridine rings is 1. The molecule has 0 spiro atoms. The van der Waals surface area contributed by atoms with E-state index in [-0.39, 0.29) is 0 Å². The first kappa shape index (κ1) is 13.1. The number of rotatable bonds is 3. The summed E-state index contributed by atoms with van der Waals surface area (Å²) in [6.45, 7) is 0. The van der Waals surface area contributed by atoms with Gasteiger partial charge in [-0.05, 0) is 39.7 Å². The van der Waals surface area contributed by atoms with E-state index in [9.17, 15) is 0 Å². The lowest BCUT2D eigenvalue weighted by Gasteiger charge is -2.07. The minimum atomic E-state index is 0.581. The van der Waals surface area contributed by atoms with Gasteiger partial charge in [-0.15, -0.1) is 0 Å². The Morgan fingerprint density at radius 2 is 1.94 bits per heavy atom. The Morgan fingerprint density at radius 3 is 2.53 bits per heavy atom. The van der Waals surface area contributed by atoms with Crippen LogP contribution in [-0.2, 0) is 5.33 Å². The number of benzene rings is 1. The van der Waals surface area contributed by atoms with Gasteiger partial charge in [-0.2, -0.15) is 0 Å². The summed E-state index contributed by atoms with van der Waals surface area (Å²) in [5.74, 6) is 1.32. The average Bonchev–Trinajstić information content (AvgIpc) is 2.34. The molecule has 0 aliphatic heterocycles. The molecular formula is C12H8Br3NO. The minimum Gasteiger partial charge on any atom is -0.438 e. The molecule has 0 aliphatic rings. The molecule has 0 N–H and O–H groups in total. The highest BCUT2D eigenvalue weighted by atomic mass is 79.9. The van der Waals surface area contributed by atoms with Crippen LogP contribution in [0.1, 0.15) is 5.56 Å². The molecule has 0 unspecified atom stereocenters. The molecule has 1 aromatic heterocycles. The van der Waals surface area contributed by atoms with E-state index in [2.05, 4.69) is 52.8 Å². The van der Waals surface area contributed by atoms with E-state index in [0.29, 0.717) is 5.88 Å². The summed E-state index contributed by atoms with van der Waals surface area (Å²) in [5, 5.41) is 0.794. The summed E-state index contributed by atoms with van der Waals surface area (Å²) in [5.41, 5.74) is 1.12. The van der Waals surface area contributed by atoms with Crippen LogP contribution in [0.2, 0.25) is 0 Å². The summed E-state index contributed by atoms with van der Waals surface area (Å²) < 4.78 is 7.56. The SMILES string of the molecule is BrCc1ccc(Oc2ccc(Br)cc2Br)nc1. The van der Waals surface area contributed by atoms with Gasteiger partial charge in [-0.25, -0.2) is 4.98 Å². The smallest absolute Gasteiger partial charge is 0.219 e. The molecular weight excluding hydrogens is 414 g/mol. The first-order chi connectivity index (χ1) is 8.19. The van der Waals surface area contributed by atoms with Gasteiger partial charge in [-0.1, -0.05) is 37.9 Å². The minimum absolute atomic E-state index is 0.581. The summed E-state index contributed by atoms with van der Waals surface area (Å²) in [6, 6.07) is 9.57. The maximum Gasteiger partial charge on any atom is 0.219 e. The molecule has 0 bridgehead atoms. The highest BCUT2D eigenvalue weighted by molar-refractivity contribution is 9.11. The van der Waals surface area contributed by atoms with Crippen molar-refractivity contribution < 1.29 is 4.74 Å². The quantitative estimate of drug-likeness (QED) is 0.628. The fourth-order valence-electron chi connectivity index (χ4n) is 1.22. The van der Waals surface area contributed by atoms with Gasteiger partial charge in [0.2, 0.25) is 5.88 Å². The lowest BCUT2D eigenvalue weighted by Crippen LogP contribution is -1.89. The normalized spacial score (nSPS) is 10.3. The fraction of sp³-hybridized carbons (Fsp3) is 0.0833. The molecule has 5 heteroatoms. The van der Waals surface area contributed by atoms with E-state index >= 15 is 0 Å². The molecule has 2 rings (SSSR count). The third-order valence-corrected chi connectivity index (χ3v) is 3.82. The number of halogens is 3. The Bertz CT molecular complexity index is 514. The lowest BCUT2D eigenvalue weighted by atomic mass is 10.3. The van der Waals surface area contributed by atoms with E-state index < -0.39 is 0 Å². The van der Waals surface area contributed by atoms with Gasteiger partial charge in [0.1, 0.15) is 5.75 Å². The molecule has 0 saturated heterocycles. The predicted octanol–water partition coefficient (Wildman–Crippen LogP) is 5.29. The molecule has 0 fully saturated rings. The standard InChI is InChI=1S/C12H8Br3NO/c13-6-8-1-4-12(16-7-8)17-11-3-2-9(14)5-10(11)15/h1-5,7H,6H2. The first-order valence-corrected chi connectivity index (χ1v) is 7.53. The van der Waals surface area contributed by atoms with E-state index in [0.717, 1.165) is 25.6 Å². The summed E-state index contributed by atoms with van der Waals surface area (Å²) in [6.07, 6.45) is 1.79. The van der Waals surface area contributed by atoms with Crippen molar-refractivity contribution in [2.75, 3.05) is 0 Å². The van der Waals surface area contributed by atoms with Crippen LogP contribution in [0.4, 0.5) is 0 Å². The number of hydrogen-bond donors (Lipinski definition) is 0. The topological polar surface area (TPSA) is 22.1 Å². The first-order valence-electron chi connectivity index (χ1n) is 4.83. The fourth-order valence-corrected chi connectivity index (χ4v) is 2.68. The molecule has 0 aliphatic carbocycles. The van der Waals surface area contributed by atoms with Crippen LogP contribution >= 0.6 is 47.8 Å². The lowest BCUT2D eigenvalue weighted by molar-refractivity contribution is 0.460. The molecule has 1 heterocycles. The van der Waals surface area contributed by atoms with Crippen molar-refractivity contribution in [3.05, 3.63) is 51.0 Å². The maximum atomic E-state index is 5.67. The van der Waals surface area contributed by atoms with Crippen LogP contribution in [-0.4, -0.2) is 4.98 Å². The van der Waals surface area contributed by atoms with Gasteiger partial charge in [0.05, 0.1) is 4.47 Å². The van der Waals surface area contributed by atoms with Gasteiger partial charge in [0, 0.05) is 22.1 Å². The van der Waals surface area contributed by atoms with Crippen LogP contribution < -0.4 is 4.74 Å². The zero-order valence-corrected chi connectivity index (χ0v) is 13.4. The maximum absolute atomic E-state index is 5.67. The van der Waals surface area contributed by atoms with Gasteiger partial charge in [-0.3, -0.25) is 0 Å². The summed E-state index contributed by atoms with van der Waals surface area (Å²) in [4.78, 5) is 4.22. The van der Waals surface area contributed by atoms with Crippen molar-refractivity contribution in [1.29, 1.82) is 0 Å². The van der Waals surface area contributed by atoms with E-state index in [1.807, 2.05) is 30.3 Å². The number of aromatic nitrogens is 1. The number of ether oxygens (including phenoxy) is 1. The van der Waals surface area contributed by atoms with Crippen LogP contribution in [0.25, 0.3) is 0 Å². The third kappa shape index (κ3) is 3.53. The van der Waals surface area contributed by atoms with Crippen molar-refractivity contribution in [3.63, 3.8) is 0 Å². The number of alkyl halides is 1. The Hall–Kier alpha value is -0.390. The van der Waals surface area contributed by atoms with Gasteiger partial charge >= 0.3 is 0 Å². The van der Waals surface area contributed by atoms with Gasteiger partial charge in [0.15, 0.2) is 0 Å². The molecule has 2 aromatic rings. The Balaban J connectivity index is 2.19.